The van der Waals surface area contributed by atoms with E-state index in [9.17, 15) is 5.21 Å². The molecule has 1 aliphatic heterocycles. The van der Waals surface area contributed by atoms with Crippen molar-refractivity contribution >= 4 is 0 Å². The maximum absolute atomic E-state index is 11.0. The summed E-state index contributed by atoms with van der Waals surface area (Å²) in [5.41, 5.74) is 0. The Morgan fingerprint density at radius 3 is 1.80 bits per heavy atom. The molecule has 0 saturated carbocycles. The molecule has 1 saturated heterocycles. The normalized spacial score (nSPS) is 22.2. The molecule has 0 atom stereocenters. The molecule has 0 spiro atoms. The summed E-state index contributed by atoms with van der Waals surface area (Å²) >= 11 is 0. The maximum Gasteiger partial charge on any atom is 0.102 e. The van der Waals surface area contributed by atoms with E-state index in [-0.39, 0.29) is 15.6 Å². The van der Waals surface area contributed by atoms with Crippen LogP contribution >= 0.6 is 0 Å². The van der Waals surface area contributed by atoms with Crippen molar-refractivity contribution < 1.29 is 20.3 Å². The summed E-state index contributed by atoms with van der Waals surface area (Å²) in [6.07, 6.45) is 0. The Bertz CT molecular complexity index is 77.7. The van der Waals surface area contributed by atoms with Gasteiger partial charge in [0.2, 0.25) is 0 Å². The minimum Gasteiger partial charge on any atom is -0.633 e. The molecule has 0 aliphatic carbocycles. The van der Waals surface area contributed by atoms with Gasteiger partial charge in [0.05, 0.1) is 20.3 Å². The monoisotopic (exact) mass is 153 g/mol. The molecule has 1 heterocycles. The fourth-order valence-corrected chi connectivity index (χ4v) is 0.729. The summed E-state index contributed by atoms with van der Waals surface area (Å²) in [6, 6.07) is 0. The highest BCUT2D eigenvalue weighted by atomic mass is 16.6. The van der Waals surface area contributed by atoms with Gasteiger partial charge in [-0.2, -0.15) is 0 Å². The molecule has 64 valence electrons. The van der Waals surface area contributed by atoms with Crippen molar-refractivity contribution in [1.82, 2.24) is 0 Å². The quantitative estimate of drug-likeness (QED) is 0.306. The zero-order valence-corrected chi connectivity index (χ0v) is 6.09. The average molecular weight is 153 g/mol. The number of hydroxylamine groups is 3. The smallest absolute Gasteiger partial charge is 0.102 e. The van der Waals surface area contributed by atoms with E-state index >= 15 is 0 Å². The fraction of sp³-hybridized carbons (Fsp3) is 1.00. The Kier molecular flexibility index (Phi) is 5.73. The van der Waals surface area contributed by atoms with Crippen LogP contribution in [0.15, 0.2) is 0 Å². The van der Waals surface area contributed by atoms with Gasteiger partial charge in [-0.3, -0.25) is 0 Å². The zero-order valence-electron chi connectivity index (χ0n) is 6.09. The first-order valence-corrected chi connectivity index (χ1v) is 2.84. The Hall–Kier alpha value is -0.200. The molecule has 0 radical (unpaired) electrons. The molecule has 10 heavy (non-hydrogen) atoms. The number of quaternary nitrogens is 1. The largest absolute Gasteiger partial charge is 0.633 e. The van der Waals surface area contributed by atoms with Gasteiger partial charge in [-0.25, -0.2) is 0 Å². The second kappa shape index (κ2) is 4.59. The first kappa shape index (κ1) is 12.5. The van der Waals surface area contributed by atoms with Gasteiger partial charge in [-0.15, -0.1) is 0 Å². The van der Waals surface area contributed by atoms with Gasteiger partial charge in [0.25, 0.3) is 0 Å². The number of ether oxygens (including phenoxy) is 1. The Labute approximate surface area is 60.0 Å². The fourth-order valence-electron chi connectivity index (χ4n) is 0.729. The maximum atomic E-state index is 11.0. The second-order valence-electron chi connectivity index (χ2n) is 2.36. The van der Waals surface area contributed by atoms with Crippen LogP contribution in [0, 0.1) is 5.21 Å². The van der Waals surface area contributed by atoms with Gasteiger partial charge in [0.15, 0.2) is 0 Å². The number of nitrogens with zero attached hydrogens (tertiary/aromatic N) is 1. The van der Waals surface area contributed by atoms with Crippen molar-refractivity contribution in [3.63, 3.8) is 0 Å². The summed E-state index contributed by atoms with van der Waals surface area (Å²) in [5.74, 6) is 0. The van der Waals surface area contributed by atoms with Gasteiger partial charge in [0.1, 0.15) is 13.1 Å². The van der Waals surface area contributed by atoms with E-state index in [0.29, 0.717) is 26.3 Å². The predicted octanol–water partition coefficient (Wildman–Crippen LogP) is -1.69. The second-order valence-corrected chi connectivity index (χ2v) is 2.36. The third-order valence-electron chi connectivity index (χ3n) is 1.42. The van der Waals surface area contributed by atoms with E-state index in [4.69, 9.17) is 4.74 Å². The van der Waals surface area contributed by atoms with Crippen molar-refractivity contribution in [2.45, 2.75) is 0 Å². The molecule has 4 N–H and O–H groups in total. The van der Waals surface area contributed by atoms with Crippen LogP contribution < -0.4 is 0 Å². The summed E-state index contributed by atoms with van der Waals surface area (Å²) in [5, 5.41) is 11.0. The van der Waals surface area contributed by atoms with Gasteiger partial charge < -0.3 is 25.5 Å². The lowest BCUT2D eigenvalue weighted by atomic mass is 10.4. The van der Waals surface area contributed by atoms with Crippen molar-refractivity contribution in [2.24, 2.45) is 0 Å². The predicted molar refractivity (Wildman–Crippen MR) is 37.3 cm³/mol. The molecule has 0 aromatic rings. The molecule has 0 amide bonds. The van der Waals surface area contributed by atoms with Crippen LogP contribution in [0.5, 0.6) is 0 Å². The van der Waals surface area contributed by atoms with Crippen molar-refractivity contribution in [1.29, 1.82) is 0 Å². The van der Waals surface area contributed by atoms with E-state index in [1.807, 2.05) is 0 Å². The minimum absolute atomic E-state index is 0. The summed E-state index contributed by atoms with van der Waals surface area (Å²) in [6.45, 7) is 2.47. The number of hydrogen-bond donors (Lipinski definition) is 0. The van der Waals surface area contributed by atoms with Crippen LogP contribution in [-0.2, 0) is 4.74 Å². The third-order valence-corrected chi connectivity index (χ3v) is 1.42. The van der Waals surface area contributed by atoms with Crippen LogP contribution in [0.1, 0.15) is 0 Å². The molecule has 5 heteroatoms. The Morgan fingerprint density at radius 1 is 1.20 bits per heavy atom. The molecular formula is C5H15NO4. The van der Waals surface area contributed by atoms with Crippen LogP contribution in [0.25, 0.3) is 0 Å². The highest BCUT2D eigenvalue weighted by Gasteiger charge is 2.13. The lowest BCUT2D eigenvalue weighted by Crippen LogP contribution is -2.46. The highest BCUT2D eigenvalue weighted by molar-refractivity contribution is 4.44. The third kappa shape index (κ3) is 3.76. The van der Waals surface area contributed by atoms with Crippen molar-refractivity contribution in [3.05, 3.63) is 5.21 Å². The number of morpholine rings is 1. The summed E-state index contributed by atoms with van der Waals surface area (Å²) < 4.78 is 4.86. The Balaban J connectivity index is 0. The van der Waals surface area contributed by atoms with E-state index in [2.05, 4.69) is 0 Å². The Morgan fingerprint density at radius 2 is 1.60 bits per heavy atom. The van der Waals surface area contributed by atoms with Crippen LogP contribution in [0.2, 0.25) is 0 Å². The molecule has 1 fully saturated rings. The van der Waals surface area contributed by atoms with Crippen molar-refractivity contribution in [3.8, 4) is 0 Å². The molecular weight excluding hydrogens is 138 g/mol. The lowest BCUT2D eigenvalue weighted by molar-refractivity contribution is -0.869. The van der Waals surface area contributed by atoms with Crippen LogP contribution in [0.3, 0.4) is 0 Å². The number of likely N-dealkylation sites (N-methyl/N-ethyl adjacent to an activating group) is 1. The molecule has 0 aromatic heterocycles. The van der Waals surface area contributed by atoms with Gasteiger partial charge in [-0.1, -0.05) is 0 Å². The number of rotatable bonds is 0. The SMILES string of the molecule is C[N+]1([O-])CCOCC1.O.O. The topological polar surface area (TPSA) is 95.3 Å². The molecule has 5 nitrogen and oxygen atoms in total. The first-order chi connectivity index (χ1) is 3.71. The number of hydrogen-bond acceptors (Lipinski definition) is 2. The van der Waals surface area contributed by atoms with Crippen LogP contribution in [0.4, 0.5) is 0 Å². The molecule has 0 unspecified atom stereocenters. The standard InChI is InChI=1S/C5H11NO2.2H2O/c1-6(7)2-4-8-5-3-6;;/h2-5H2,1H3;2*1H2. The summed E-state index contributed by atoms with van der Waals surface area (Å²) in [4.78, 5) is 0. The first-order valence-electron chi connectivity index (χ1n) is 2.84. The molecule has 0 aromatic carbocycles. The average Bonchev–Trinajstić information content (AvgIpc) is 1.65. The van der Waals surface area contributed by atoms with E-state index in [0.717, 1.165) is 0 Å². The van der Waals surface area contributed by atoms with E-state index < -0.39 is 0 Å². The minimum atomic E-state index is -0.125. The lowest BCUT2D eigenvalue weighted by Gasteiger charge is -2.41. The molecule has 1 rings (SSSR count). The molecule has 0 bridgehead atoms. The summed E-state index contributed by atoms with van der Waals surface area (Å²) in [7, 11) is 1.68. The molecule has 1 aliphatic rings. The van der Waals surface area contributed by atoms with Crippen molar-refractivity contribution in [2.75, 3.05) is 33.4 Å². The van der Waals surface area contributed by atoms with E-state index in [1.165, 1.54) is 0 Å². The highest BCUT2D eigenvalue weighted by Crippen LogP contribution is 2.02. The van der Waals surface area contributed by atoms with Gasteiger partial charge in [-0.05, 0) is 0 Å². The van der Waals surface area contributed by atoms with Crippen LogP contribution in [-0.4, -0.2) is 48.9 Å². The zero-order chi connectivity index (χ0) is 6.04. The van der Waals surface area contributed by atoms with Gasteiger partial charge in [0, 0.05) is 0 Å². The van der Waals surface area contributed by atoms with E-state index in [1.54, 1.807) is 7.05 Å². The van der Waals surface area contributed by atoms with Gasteiger partial charge >= 0.3 is 0 Å².